The predicted octanol–water partition coefficient (Wildman–Crippen LogP) is 5.52. The van der Waals surface area contributed by atoms with Gasteiger partial charge in [-0.1, -0.05) is 51.3 Å². The van der Waals surface area contributed by atoms with E-state index in [9.17, 15) is 0 Å². The maximum Gasteiger partial charge on any atom is 0.0346 e. The van der Waals surface area contributed by atoms with Crippen LogP contribution >= 0.6 is 11.3 Å². The summed E-state index contributed by atoms with van der Waals surface area (Å²) < 4.78 is 1.41. The van der Waals surface area contributed by atoms with Crippen molar-refractivity contribution in [2.75, 3.05) is 6.54 Å². The lowest BCUT2D eigenvalue weighted by atomic mass is 9.99. The summed E-state index contributed by atoms with van der Waals surface area (Å²) >= 11 is 1.87. The SMILES string of the molecule is CCCCCC(NCCC)c1csc2ccccc12. The van der Waals surface area contributed by atoms with Gasteiger partial charge in [-0.15, -0.1) is 11.3 Å². The molecular weight excluding hydrogens is 250 g/mol. The van der Waals surface area contributed by atoms with E-state index in [1.54, 1.807) is 0 Å². The van der Waals surface area contributed by atoms with Gasteiger partial charge in [-0.2, -0.15) is 0 Å². The van der Waals surface area contributed by atoms with Crippen molar-refractivity contribution in [2.24, 2.45) is 0 Å². The quantitative estimate of drug-likeness (QED) is 0.625. The molecule has 0 saturated heterocycles. The molecule has 0 spiro atoms. The Kier molecular flexibility index (Phi) is 5.87. The normalized spacial score (nSPS) is 12.9. The molecule has 1 nitrogen and oxygen atoms in total. The van der Waals surface area contributed by atoms with E-state index in [1.807, 2.05) is 11.3 Å². The largest absolute Gasteiger partial charge is 0.310 e. The van der Waals surface area contributed by atoms with E-state index in [0.29, 0.717) is 6.04 Å². The van der Waals surface area contributed by atoms with Gasteiger partial charge in [-0.05, 0) is 41.8 Å². The van der Waals surface area contributed by atoms with Crippen LogP contribution in [0.4, 0.5) is 0 Å². The van der Waals surface area contributed by atoms with Crippen molar-refractivity contribution in [1.29, 1.82) is 0 Å². The van der Waals surface area contributed by atoms with Gasteiger partial charge in [0.1, 0.15) is 0 Å². The first-order chi connectivity index (χ1) is 9.36. The minimum atomic E-state index is 0.530. The number of benzene rings is 1. The van der Waals surface area contributed by atoms with E-state index in [1.165, 1.54) is 47.8 Å². The second-order valence-corrected chi connectivity index (χ2v) is 6.10. The Morgan fingerprint density at radius 2 is 1.95 bits per heavy atom. The molecule has 2 heteroatoms. The molecular formula is C17H25NS. The number of unbranched alkanes of at least 4 members (excludes halogenated alkanes) is 2. The van der Waals surface area contributed by atoms with Crippen LogP contribution < -0.4 is 5.32 Å². The Morgan fingerprint density at radius 3 is 2.74 bits per heavy atom. The summed E-state index contributed by atoms with van der Waals surface area (Å²) in [7, 11) is 0. The van der Waals surface area contributed by atoms with E-state index in [2.05, 4.69) is 48.8 Å². The molecule has 19 heavy (non-hydrogen) atoms. The summed E-state index contributed by atoms with van der Waals surface area (Å²) in [6, 6.07) is 9.31. The minimum absolute atomic E-state index is 0.530. The third-order valence-corrected chi connectivity index (χ3v) is 4.61. The smallest absolute Gasteiger partial charge is 0.0346 e. The van der Waals surface area contributed by atoms with Crippen molar-refractivity contribution in [3.8, 4) is 0 Å². The fraction of sp³-hybridized carbons (Fsp3) is 0.529. The molecule has 0 bridgehead atoms. The van der Waals surface area contributed by atoms with Crippen LogP contribution in [0.25, 0.3) is 10.1 Å². The summed E-state index contributed by atoms with van der Waals surface area (Å²) in [5.74, 6) is 0. The summed E-state index contributed by atoms with van der Waals surface area (Å²) in [5, 5.41) is 7.52. The van der Waals surface area contributed by atoms with Crippen LogP contribution in [0.15, 0.2) is 29.6 Å². The molecule has 0 saturated carbocycles. The average Bonchev–Trinajstić information content (AvgIpc) is 2.87. The average molecular weight is 275 g/mol. The van der Waals surface area contributed by atoms with Crippen LogP contribution in [0.3, 0.4) is 0 Å². The maximum atomic E-state index is 3.73. The number of rotatable bonds is 8. The second-order valence-electron chi connectivity index (χ2n) is 5.19. The Morgan fingerprint density at radius 1 is 1.11 bits per heavy atom. The highest BCUT2D eigenvalue weighted by atomic mass is 32.1. The molecule has 104 valence electrons. The van der Waals surface area contributed by atoms with E-state index in [4.69, 9.17) is 0 Å². The zero-order valence-corrected chi connectivity index (χ0v) is 12.9. The molecule has 0 aliphatic heterocycles. The fourth-order valence-corrected chi connectivity index (χ4v) is 3.57. The van der Waals surface area contributed by atoms with Crippen LogP contribution in [-0.2, 0) is 0 Å². The van der Waals surface area contributed by atoms with Crippen LogP contribution in [0.2, 0.25) is 0 Å². The van der Waals surface area contributed by atoms with Gasteiger partial charge >= 0.3 is 0 Å². The van der Waals surface area contributed by atoms with E-state index in [0.717, 1.165) is 6.54 Å². The first-order valence-corrected chi connectivity index (χ1v) is 8.44. The van der Waals surface area contributed by atoms with Crippen molar-refractivity contribution in [1.82, 2.24) is 5.32 Å². The zero-order chi connectivity index (χ0) is 13.5. The molecule has 0 aliphatic rings. The molecule has 1 aromatic carbocycles. The lowest BCUT2D eigenvalue weighted by Crippen LogP contribution is -2.21. The van der Waals surface area contributed by atoms with E-state index in [-0.39, 0.29) is 0 Å². The first-order valence-electron chi connectivity index (χ1n) is 7.56. The van der Waals surface area contributed by atoms with Gasteiger partial charge < -0.3 is 5.32 Å². The van der Waals surface area contributed by atoms with Crippen molar-refractivity contribution >= 4 is 21.4 Å². The Labute approximate surface area is 121 Å². The number of nitrogens with one attached hydrogen (secondary N) is 1. The molecule has 0 aliphatic carbocycles. The summed E-state index contributed by atoms with van der Waals surface area (Å²) in [6.07, 6.45) is 6.42. The van der Waals surface area contributed by atoms with Crippen LogP contribution in [0.5, 0.6) is 0 Å². The van der Waals surface area contributed by atoms with Gasteiger partial charge in [0.2, 0.25) is 0 Å². The molecule has 1 aromatic heterocycles. The number of thiophene rings is 1. The molecule has 1 unspecified atom stereocenters. The summed E-state index contributed by atoms with van der Waals surface area (Å²) in [6.45, 7) is 5.62. The van der Waals surface area contributed by atoms with Crippen LogP contribution in [0.1, 0.15) is 57.6 Å². The first kappa shape index (κ1) is 14.5. The third-order valence-electron chi connectivity index (χ3n) is 3.62. The van der Waals surface area contributed by atoms with Crippen molar-refractivity contribution in [3.05, 3.63) is 35.2 Å². The lowest BCUT2D eigenvalue weighted by molar-refractivity contribution is 0.478. The molecule has 1 heterocycles. The van der Waals surface area contributed by atoms with Gasteiger partial charge in [0.05, 0.1) is 0 Å². The highest BCUT2D eigenvalue weighted by molar-refractivity contribution is 7.17. The number of hydrogen-bond acceptors (Lipinski definition) is 2. The molecule has 0 radical (unpaired) electrons. The molecule has 2 rings (SSSR count). The topological polar surface area (TPSA) is 12.0 Å². The van der Waals surface area contributed by atoms with Crippen LogP contribution in [-0.4, -0.2) is 6.54 Å². The molecule has 2 aromatic rings. The lowest BCUT2D eigenvalue weighted by Gasteiger charge is -2.18. The van der Waals surface area contributed by atoms with Gasteiger partial charge in [0.25, 0.3) is 0 Å². The molecule has 0 amide bonds. The Balaban J connectivity index is 2.15. The summed E-state index contributed by atoms with van der Waals surface area (Å²) in [4.78, 5) is 0. The Bertz CT molecular complexity index is 489. The maximum absolute atomic E-state index is 3.73. The minimum Gasteiger partial charge on any atom is -0.310 e. The van der Waals surface area contributed by atoms with Crippen molar-refractivity contribution < 1.29 is 0 Å². The Hall–Kier alpha value is -0.860. The zero-order valence-electron chi connectivity index (χ0n) is 12.1. The van der Waals surface area contributed by atoms with Crippen LogP contribution in [0, 0.1) is 0 Å². The van der Waals surface area contributed by atoms with E-state index >= 15 is 0 Å². The third kappa shape index (κ3) is 3.80. The monoisotopic (exact) mass is 275 g/mol. The molecule has 1 N–H and O–H groups in total. The van der Waals surface area contributed by atoms with Gasteiger partial charge in [-0.25, -0.2) is 0 Å². The van der Waals surface area contributed by atoms with Crippen molar-refractivity contribution in [3.63, 3.8) is 0 Å². The predicted molar refractivity (Wildman–Crippen MR) is 87.0 cm³/mol. The number of fused-ring (bicyclic) bond motifs is 1. The number of hydrogen-bond donors (Lipinski definition) is 1. The highest BCUT2D eigenvalue weighted by Gasteiger charge is 2.14. The fourth-order valence-electron chi connectivity index (χ4n) is 2.55. The second kappa shape index (κ2) is 7.66. The van der Waals surface area contributed by atoms with Crippen molar-refractivity contribution in [2.45, 2.75) is 52.0 Å². The molecule has 1 atom stereocenters. The van der Waals surface area contributed by atoms with Gasteiger partial charge in [-0.3, -0.25) is 0 Å². The summed E-state index contributed by atoms with van der Waals surface area (Å²) in [5.41, 5.74) is 1.50. The highest BCUT2D eigenvalue weighted by Crippen LogP contribution is 2.32. The van der Waals surface area contributed by atoms with Gasteiger partial charge in [0, 0.05) is 10.7 Å². The van der Waals surface area contributed by atoms with E-state index < -0.39 is 0 Å². The standard InChI is InChI=1S/C17H25NS/c1-3-5-6-10-16(18-12-4-2)15-13-19-17-11-8-7-9-14(15)17/h7-9,11,13,16,18H,3-6,10,12H2,1-2H3. The molecule has 0 fully saturated rings. The van der Waals surface area contributed by atoms with Gasteiger partial charge in [0.15, 0.2) is 0 Å².